The number of rotatable bonds is 6. The Morgan fingerprint density at radius 1 is 1.04 bits per heavy atom. The van der Waals surface area contributed by atoms with Crippen LogP contribution in [0.1, 0.15) is 27.0 Å². The zero-order chi connectivity index (χ0) is 18.4. The van der Waals surface area contributed by atoms with Crippen molar-refractivity contribution >= 4 is 46.3 Å². The summed E-state index contributed by atoms with van der Waals surface area (Å²) in [5, 5.41) is 8.35. The Balaban J connectivity index is 1.69. The summed E-state index contributed by atoms with van der Waals surface area (Å²) >= 11 is 2.96. The molecule has 3 aromatic rings. The van der Waals surface area contributed by atoms with Crippen LogP contribution in [0.25, 0.3) is 0 Å². The van der Waals surface area contributed by atoms with Crippen LogP contribution in [0.5, 0.6) is 0 Å². The van der Waals surface area contributed by atoms with Crippen molar-refractivity contribution in [2.75, 3.05) is 16.4 Å². The van der Waals surface area contributed by atoms with Crippen LogP contribution >= 0.6 is 23.1 Å². The van der Waals surface area contributed by atoms with Gasteiger partial charge in [-0.25, -0.2) is 4.98 Å². The van der Waals surface area contributed by atoms with Crippen LogP contribution in [0, 0.1) is 0 Å². The van der Waals surface area contributed by atoms with Crippen molar-refractivity contribution < 1.29 is 9.59 Å². The summed E-state index contributed by atoms with van der Waals surface area (Å²) in [7, 11) is 0. The molecule has 2 N–H and O–H groups in total. The maximum atomic E-state index is 12.5. The van der Waals surface area contributed by atoms with Gasteiger partial charge in [-0.1, -0.05) is 19.1 Å². The molecule has 0 atom stereocenters. The molecule has 1 aromatic carbocycles. The number of benzene rings is 1. The van der Waals surface area contributed by atoms with Gasteiger partial charge in [-0.05, 0) is 47.5 Å². The average Bonchev–Trinajstić information content (AvgIpc) is 3.17. The van der Waals surface area contributed by atoms with E-state index in [0.29, 0.717) is 21.8 Å². The summed E-state index contributed by atoms with van der Waals surface area (Å²) in [5.74, 6) is 0.510. The molecule has 2 heterocycles. The van der Waals surface area contributed by atoms with E-state index >= 15 is 0 Å². The van der Waals surface area contributed by atoms with Gasteiger partial charge in [-0.3, -0.25) is 9.59 Å². The van der Waals surface area contributed by atoms with Gasteiger partial charge >= 0.3 is 0 Å². The highest BCUT2D eigenvalue weighted by Gasteiger charge is 2.10. The fourth-order valence-corrected chi connectivity index (χ4v) is 3.52. The Labute approximate surface area is 159 Å². The van der Waals surface area contributed by atoms with Gasteiger partial charge in [0, 0.05) is 23.1 Å². The second-order valence-electron chi connectivity index (χ2n) is 5.28. The number of pyridine rings is 1. The molecular formula is C19H17N3O2S2. The van der Waals surface area contributed by atoms with E-state index in [-0.39, 0.29) is 11.8 Å². The van der Waals surface area contributed by atoms with Gasteiger partial charge in [0.2, 0.25) is 0 Å². The number of nitrogens with zero attached hydrogens (tertiary/aromatic N) is 1. The van der Waals surface area contributed by atoms with Crippen LogP contribution in [0.15, 0.2) is 65.1 Å². The van der Waals surface area contributed by atoms with Crippen molar-refractivity contribution in [2.24, 2.45) is 0 Å². The molecule has 0 spiro atoms. The molecule has 26 heavy (non-hydrogen) atoms. The van der Waals surface area contributed by atoms with E-state index in [9.17, 15) is 9.59 Å². The highest BCUT2D eigenvalue weighted by atomic mass is 32.2. The number of hydrogen-bond donors (Lipinski definition) is 2. The molecule has 132 valence electrons. The van der Waals surface area contributed by atoms with Crippen LogP contribution in [0.2, 0.25) is 0 Å². The molecule has 0 aliphatic rings. The van der Waals surface area contributed by atoms with Gasteiger partial charge in [0.25, 0.3) is 11.8 Å². The molecular weight excluding hydrogens is 366 g/mol. The number of carbonyl (C=O) groups is 2. The van der Waals surface area contributed by atoms with Gasteiger partial charge in [0.1, 0.15) is 0 Å². The highest BCUT2D eigenvalue weighted by molar-refractivity contribution is 7.99. The summed E-state index contributed by atoms with van der Waals surface area (Å²) in [6, 6.07) is 14.1. The van der Waals surface area contributed by atoms with Crippen LogP contribution in [0.3, 0.4) is 0 Å². The molecule has 0 saturated heterocycles. The Morgan fingerprint density at radius 3 is 2.50 bits per heavy atom. The lowest BCUT2D eigenvalue weighted by atomic mass is 10.2. The highest BCUT2D eigenvalue weighted by Crippen LogP contribution is 2.20. The monoisotopic (exact) mass is 383 g/mol. The number of carbonyl (C=O) groups excluding carboxylic acids is 2. The number of anilines is 2. The molecule has 0 radical (unpaired) electrons. The molecule has 5 nitrogen and oxygen atoms in total. The van der Waals surface area contributed by atoms with Crippen molar-refractivity contribution in [3.8, 4) is 0 Å². The third-order valence-electron chi connectivity index (χ3n) is 3.41. The topological polar surface area (TPSA) is 71.1 Å². The first kappa shape index (κ1) is 18.2. The number of aromatic nitrogens is 1. The number of amides is 2. The minimum atomic E-state index is -0.216. The van der Waals surface area contributed by atoms with E-state index < -0.39 is 0 Å². The SMILES string of the molecule is CCSc1cc(C(=O)Nc2cccc(NC(=O)c3cccs3)c2)ccn1. The van der Waals surface area contributed by atoms with Crippen LogP contribution in [-0.2, 0) is 0 Å². The van der Waals surface area contributed by atoms with Gasteiger partial charge < -0.3 is 10.6 Å². The lowest BCUT2D eigenvalue weighted by molar-refractivity contribution is 0.102. The zero-order valence-electron chi connectivity index (χ0n) is 14.1. The molecule has 0 aliphatic carbocycles. The Morgan fingerprint density at radius 2 is 1.81 bits per heavy atom. The van der Waals surface area contributed by atoms with E-state index in [1.54, 1.807) is 60.4 Å². The quantitative estimate of drug-likeness (QED) is 0.602. The van der Waals surface area contributed by atoms with Crippen LogP contribution in [0.4, 0.5) is 11.4 Å². The van der Waals surface area contributed by atoms with E-state index in [1.165, 1.54) is 11.3 Å². The molecule has 7 heteroatoms. The maximum Gasteiger partial charge on any atom is 0.265 e. The lowest BCUT2D eigenvalue weighted by Crippen LogP contribution is -2.13. The van der Waals surface area contributed by atoms with E-state index in [2.05, 4.69) is 15.6 Å². The third kappa shape index (κ3) is 4.71. The van der Waals surface area contributed by atoms with Gasteiger partial charge in [-0.15, -0.1) is 23.1 Å². The fraction of sp³-hybridized carbons (Fsp3) is 0.105. The Hall–Kier alpha value is -2.64. The fourth-order valence-electron chi connectivity index (χ4n) is 2.26. The second-order valence-corrected chi connectivity index (χ2v) is 7.51. The van der Waals surface area contributed by atoms with Crippen LogP contribution in [-0.4, -0.2) is 22.6 Å². The summed E-state index contributed by atoms with van der Waals surface area (Å²) in [6.07, 6.45) is 1.63. The minimum Gasteiger partial charge on any atom is -0.322 e. The molecule has 2 amide bonds. The summed E-state index contributed by atoms with van der Waals surface area (Å²) in [5.41, 5.74) is 1.78. The smallest absolute Gasteiger partial charge is 0.265 e. The second kappa shape index (κ2) is 8.64. The van der Waals surface area contributed by atoms with Crippen molar-refractivity contribution in [2.45, 2.75) is 11.9 Å². The third-order valence-corrected chi connectivity index (χ3v) is 5.09. The molecule has 0 saturated carbocycles. The van der Waals surface area contributed by atoms with Gasteiger partial charge in [0.15, 0.2) is 0 Å². The minimum absolute atomic E-state index is 0.168. The van der Waals surface area contributed by atoms with Crippen molar-refractivity contribution in [1.82, 2.24) is 4.98 Å². The summed E-state index contributed by atoms with van der Waals surface area (Å²) in [6.45, 7) is 2.04. The average molecular weight is 383 g/mol. The molecule has 0 aliphatic heterocycles. The Bertz CT molecular complexity index is 911. The summed E-state index contributed by atoms with van der Waals surface area (Å²) < 4.78 is 0. The first-order valence-corrected chi connectivity index (χ1v) is 9.87. The van der Waals surface area contributed by atoms with Gasteiger partial charge in [0.05, 0.1) is 9.90 Å². The lowest BCUT2D eigenvalue weighted by Gasteiger charge is -2.09. The first-order valence-electron chi connectivity index (χ1n) is 8.01. The number of thioether (sulfide) groups is 1. The van der Waals surface area contributed by atoms with E-state index in [4.69, 9.17) is 0 Å². The first-order chi connectivity index (χ1) is 12.7. The molecule has 0 bridgehead atoms. The summed E-state index contributed by atoms with van der Waals surface area (Å²) in [4.78, 5) is 29.5. The molecule has 0 unspecified atom stereocenters. The number of nitrogens with one attached hydrogen (secondary N) is 2. The molecule has 0 fully saturated rings. The van der Waals surface area contributed by atoms with Crippen LogP contribution < -0.4 is 10.6 Å². The number of thiophene rings is 1. The largest absolute Gasteiger partial charge is 0.322 e. The van der Waals surface area contributed by atoms with Crippen molar-refractivity contribution in [1.29, 1.82) is 0 Å². The maximum absolute atomic E-state index is 12.5. The van der Waals surface area contributed by atoms with E-state index in [1.807, 2.05) is 18.4 Å². The predicted molar refractivity (Wildman–Crippen MR) is 107 cm³/mol. The standard InChI is InChI=1S/C19H17N3O2S2/c1-2-25-17-11-13(8-9-20-17)18(23)21-14-5-3-6-15(12-14)22-19(24)16-7-4-10-26-16/h3-12H,2H2,1H3,(H,21,23)(H,22,24). The molecule has 2 aromatic heterocycles. The zero-order valence-corrected chi connectivity index (χ0v) is 15.7. The van der Waals surface area contributed by atoms with E-state index in [0.717, 1.165) is 10.8 Å². The van der Waals surface area contributed by atoms with Crippen molar-refractivity contribution in [3.05, 3.63) is 70.5 Å². The van der Waals surface area contributed by atoms with Gasteiger partial charge in [-0.2, -0.15) is 0 Å². The normalized spacial score (nSPS) is 10.3. The van der Waals surface area contributed by atoms with Crippen molar-refractivity contribution in [3.63, 3.8) is 0 Å². The predicted octanol–water partition coefficient (Wildman–Crippen LogP) is 4.76. The molecule has 3 rings (SSSR count). The number of hydrogen-bond acceptors (Lipinski definition) is 5. The Kier molecular flexibility index (Phi) is 6.04.